The molecule has 0 radical (unpaired) electrons. The SMILES string of the molecule is Cc1onc(-c2ccc(-c3ccc(C4(C(=O)O)CC4)cc3)cc2)c1N(C)C(=O)OC(C)c1ccccc1. The van der Waals surface area contributed by atoms with Crippen molar-refractivity contribution in [3.63, 3.8) is 0 Å². The predicted molar refractivity (Wildman–Crippen MR) is 140 cm³/mol. The Balaban J connectivity index is 1.34. The number of carboxylic acids is 1. The molecule has 1 unspecified atom stereocenters. The maximum absolute atomic E-state index is 12.9. The third kappa shape index (κ3) is 4.60. The average Bonchev–Trinajstić information content (AvgIpc) is 3.65. The molecule has 1 saturated carbocycles. The number of carboxylic acid groups (broad SMARTS) is 1. The zero-order valence-corrected chi connectivity index (χ0v) is 21.0. The molecule has 5 rings (SSSR count). The first-order valence-electron chi connectivity index (χ1n) is 12.2. The standard InChI is InChI=1S/C30H28N2O5/c1-19(21-7-5-4-6-8-21)36-29(35)32(3)27-20(2)37-31-26(27)24-11-9-22(10-12-24)23-13-15-25(16-14-23)30(17-18-30)28(33)34/h4-16,19H,17-18H2,1-3H3,(H,33,34). The molecule has 37 heavy (non-hydrogen) atoms. The van der Waals surface area contributed by atoms with Gasteiger partial charge in [-0.1, -0.05) is 84.0 Å². The maximum Gasteiger partial charge on any atom is 0.414 e. The molecule has 7 nitrogen and oxygen atoms in total. The minimum Gasteiger partial charge on any atom is -0.481 e. The van der Waals surface area contributed by atoms with Gasteiger partial charge in [0.25, 0.3) is 0 Å². The highest BCUT2D eigenvalue weighted by molar-refractivity contribution is 5.93. The van der Waals surface area contributed by atoms with Gasteiger partial charge < -0.3 is 14.4 Å². The number of rotatable bonds is 7. The van der Waals surface area contributed by atoms with E-state index in [1.807, 2.05) is 85.8 Å². The van der Waals surface area contributed by atoms with E-state index in [1.54, 1.807) is 14.0 Å². The minimum absolute atomic E-state index is 0.407. The van der Waals surface area contributed by atoms with E-state index in [-0.39, 0.29) is 0 Å². The highest BCUT2D eigenvalue weighted by Crippen LogP contribution is 2.48. The summed E-state index contributed by atoms with van der Waals surface area (Å²) in [6.45, 7) is 3.59. The van der Waals surface area contributed by atoms with Crippen LogP contribution in [0.1, 0.15) is 42.8 Å². The zero-order valence-electron chi connectivity index (χ0n) is 21.0. The monoisotopic (exact) mass is 496 g/mol. The van der Waals surface area contributed by atoms with Crippen LogP contribution in [0.3, 0.4) is 0 Å². The van der Waals surface area contributed by atoms with Crippen molar-refractivity contribution in [2.24, 2.45) is 0 Å². The zero-order chi connectivity index (χ0) is 26.2. The van der Waals surface area contributed by atoms with Crippen LogP contribution in [0.25, 0.3) is 22.4 Å². The molecule has 0 saturated heterocycles. The lowest BCUT2D eigenvalue weighted by Gasteiger charge is -2.20. The number of aromatic nitrogens is 1. The first-order valence-corrected chi connectivity index (χ1v) is 12.2. The van der Waals surface area contributed by atoms with Gasteiger partial charge in [-0.05, 0) is 48.9 Å². The third-order valence-corrected chi connectivity index (χ3v) is 7.08. The van der Waals surface area contributed by atoms with E-state index < -0.39 is 23.6 Å². The lowest BCUT2D eigenvalue weighted by atomic mass is 9.93. The van der Waals surface area contributed by atoms with Crippen molar-refractivity contribution >= 4 is 17.7 Å². The third-order valence-electron chi connectivity index (χ3n) is 7.08. The molecule has 1 amide bonds. The van der Waals surface area contributed by atoms with E-state index in [0.717, 1.165) is 27.8 Å². The Labute approximate surface area is 215 Å². The number of carbonyl (C=O) groups is 2. The molecule has 1 N–H and O–H groups in total. The summed E-state index contributed by atoms with van der Waals surface area (Å²) >= 11 is 0. The lowest BCUT2D eigenvalue weighted by molar-refractivity contribution is -0.140. The normalized spacial score (nSPS) is 14.6. The molecule has 3 aromatic carbocycles. The van der Waals surface area contributed by atoms with E-state index in [4.69, 9.17) is 9.26 Å². The van der Waals surface area contributed by atoms with Gasteiger partial charge in [0.2, 0.25) is 0 Å². The van der Waals surface area contributed by atoms with Crippen molar-refractivity contribution in [1.29, 1.82) is 0 Å². The van der Waals surface area contributed by atoms with Crippen LogP contribution in [-0.4, -0.2) is 29.4 Å². The topological polar surface area (TPSA) is 92.9 Å². The number of ether oxygens (including phenoxy) is 1. The molecule has 188 valence electrons. The van der Waals surface area contributed by atoms with E-state index in [2.05, 4.69) is 5.16 Å². The summed E-state index contributed by atoms with van der Waals surface area (Å²) in [5, 5.41) is 13.7. The molecule has 1 aliphatic rings. The number of aliphatic carboxylic acids is 1. The highest BCUT2D eigenvalue weighted by atomic mass is 16.6. The Morgan fingerprint density at radius 2 is 1.51 bits per heavy atom. The number of hydrogen-bond acceptors (Lipinski definition) is 5. The molecule has 1 fully saturated rings. The van der Waals surface area contributed by atoms with E-state index >= 15 is 0 Å². The van der Waals surface area contributed by atoms with Crippen molar-refractivity contribution in [1.82, 2.24) is 5.16 Å². The van der Waals surface area contributed by atoms with Crippen LogP contribution < -0.4 is 4.90 Å². The van der Waals surface area contributed by atoms with Crippen LogP contribution >= 0.6 is 0 Å². The van der Waals surface area contributed by atoms with Crippen molar-refractivity contribution in [3.05, 3.63) is 95.7 Å². The molecule has 1 aliphatic carbocycles. The van der Waals surface area contributed by atoms with Gasteiger partial charge in [0.05, 0.1) is 5.41 Å². The molecular formula is C30H28N2O5. The first-order chi connectivity index (χ1) is 17.8. The lowest BCUT2D eigenvalue weighted by Crippen LogP contribution is -2.28. The van der Waals surface area contributed by atoms with Gasteiger partial charge in [0.15, 0.2) is 5.76 Å². The summed E-state index contributed by atoms with van der Waals surface area (Å²) in [6.07, 6.45) is 0.456. The molecule has 7 heteroatoms. The van der Waals surface area contributed by atoms with Crippen molar-refractivity contribution in [2.75, 3.05) is 11.9 Å². The van der Waals surface area contributed by atoms with Crippen LogP contribution in [0.5, 0.6) is 0 Å². The van der Waals surface area contributed by atoms with Crippen LogP contribution in [0.15, 0.2) is 83.4 Å². The molecule has 4 aromatic rings. The van der Waals surface area contributed by atoms with Gasteiger partial charge in [0, 0.05) is 12.6 Å². The maximum atomic E-state index is 12.9. The van der Waals surface area contributed by atoms with Crippen LogP contribution in [-0.2, 0) is 14.9 Å². The van der Waals surface area contributed by atoms with Crippen LogP contribution in [0.4, 0.5) is 10.5 Å². The summed E-state index contributed by atoms with van der Waals surface area (Å²) in [6, 6.07) is 25.1. The largest absolute Gasteiger partial charge is 0.481 e. The fourth-order valence-electron chi connectivity index (χ4n) is 4.62. The second-order valence-corrected chi connectivity index (χ2v) is 9.47. The Bertz CT molecular complexity index is 1420. The highest BCUT2D eigenvalue weighted by Gasteiger charge is 2.51. The van der Waals surface area contributed by atoms with E-state index in [0.29, 0.717) is 30.0 Å². The number of anilines is 1. The molecule has 0 spiro atoms. The molecular weight excluding hydrogens is 468 g/mol. The number of hydrogen-bond donors (Lipinski definition) is 1. The Hall–Kier alpha value is -4.39. The Morgan fingerprint density at radius 3 is 2.08 bits per heavy atom. The van der Waals surface area contributed by atoms with Gasteiger partial charge >= 0.3 is 12.1 Å². The summed E-state index contributed by atoms with van der Waals surface area (Å²) in [5.74, 6) is -0.249. The number of carbonyl (C=O) groups excluding carboxylic acids is 1. The predicted octanol–water partition coefficient (Wildman–Crippen LogP) is 6.77. The smallest absolute Gasteiger partial charge is 0.414 e. The van der Waals surface area contributed by atoms with Gasteiger partial charge in [-0.15, -0.1) is 0 Å². The minimum atomic E-state index is -0.758. The molecule has 0 bridgehead atoms. The van der Waals surface area contributed by atoms with Crippen molar-refractivity contribution in [3.8, 4) is 22.4 Å². The second-order valence-electron chi connectivity index (χ2n) is 9.47. The van der Waals surface area contributed by atoms with Gasteiger partial charge in [-0.25, -0.2) is 4.79 Å². The Kier molecular flexibility index (Phi) is 6.29. The quantitative estimate of drug-likeness (QED) is 0.304. The van der Waals surface area contributed by atoms with E-state index in [1.165, 1.54) is 4.90 Å². The average molecular weight is 497 g/mol. The fourth-order valence-corrected chi connectivity index (χ4v) is 4.62. The molecule has 1 heterocycles. The molecule has 0 aliphatic heterocycles. The number of benzene rings is 3. The van der Waals surface area contributed by atoms with Crippen LogP contribution in [0, 0.1) is 6.92 Å². The summed E-state index contributed by atoms with van der Waals surface area (Å²) in [4.78, 5) is 26.0. The Morgan fingerprint density at radius 1 is 0.946 bits per heavy atom. The summed E-state index contributed by atoms with van der Waals surface area (Å²) in [7, 11) is 1.64. The summed E-state index contributed by atoms with van der Waals surface area (Å²) in [5.41, 5.74) is 4.91. The van der Waals surface area contributed by atoms with Crippen molar-refractivity contribution < 1.29 is 24.0 Å². The first kappa shape index (κ1) is 24.3. The molecule has 1 aromatic heterocycles. The van der Waals surface area contributed by atoms with Gasteiger partial charge in [-0.2, -0.15) is 0 Å². The number of aryl methyl sites for hydroxylation is 1. The molecule has 1 atom stereocenters. The van der Waals surface area contributed by atoms with E-state index in [9.17, 15) is 14.7 Å². The second kappa shape index (κ2) is 9.58. The fraction of sp³-hybridized carbons (Fsp3) is 0.233. The van der Waals surface area contributed by atoms with Crippen LogP contribution in [0.2, 0.25) is 0 Å². The number of nitrogens with zero attached hydrogens (tertiary/aromatic N) is 2. The van der Waals surface area contributed by atoms with Gasteiger partial charge in [-0.3, -0.25) is 9.69 Å². The summed E-state index contributed by atoms with van der Waals surface area (Å²) < 4.78 is 11.1. The van der Waals surface area contributed by atoms with Crippen molar-refractivity contribution in [2.45, 2.75) is 38.2 Å². The number of amides is 1. The van der Waals surface area contributed by atoms with Gasteiger partial charge in [0.1, 0.15) is 17.5 Å².